The lowest BCUT2D eigenvalue weighted by Gasteiger charge is -2.25. The molecule has 72 valence electrons. The third-order valence-corrected chi connectivity index (χ3v) is 2.39. The number of urea groups is 1. The van der Waals surface area contributed by atoms with Gasteiger partial charge in [-0.3, -0.25) is 10.1 Å². The maximum Gasteiger partial charge on any atom is 0.322 e. The minimum atomic E-state index is -0.479. The van der Waals surface area contributed by atoms with Crippen LogP contribution in [0.15, 0.2) is 0 Å². The summed E-state index contributed by atoms with van der Waals surface area (Å²) in [5, 5.41) is 4.74. The fourth-order valence-electron chi connectivity index (χ4n) is 1.72. The molecule has 3 amide bonds. The van der Waals surface area contributed by atoms with Gasteiger partial charge in [0.05, 0.1) is 6.10 Å². The zero-order valence-electron chi connectivity index (χ0n) is 7.21. The monoisotopic (exact) mass is 184 g/mol. The van der Waals surface area contributed by atoms with Crippen LogP contribution in [0, 0.1) is 0 Å². The first-order chi connectivity index (χ1) is 6.27. The molecular weight excluding hydrogens is 172 g/mol. The van der Waals surface area contributed by atoms with Crippen molar-refractivity contribution in [1.29, 1.82) is 0 Å². The van der Waals surface area contributed by atoms with E-state index in [9.17, 15) is 9.59 Å². The van der Waals surface area contributed by atoms with E-state index < -0.39 is 12.1 Å². The lowest BCUT2D eigenvalue weighted by molar-refractivity contribution is -0.124. The van der Waals surface area contributed by atoms with Crippen LogP contribution in [-0.2, 0) is 9.53 Å². The van der Waals surface area contributed by atoms with Gasteiger partial charge in [0.1, 0.15) is 6.04 Å². The minimum Gasteiger partial charge on any atom is -0.376 e. The molecule has 2 aliphatic heterocycles. The Hall–Kier alpha value is -1.10. The summed E-state index contributed by atoms with van der Waals surface area (Å²) in [4.78, 5) is 22.0. The number of carbonyl (C=O) groups is 2. The van der Waals surface area contributed by atoms with Crippen LogP contribution in [0.25, 0.3) is 0 Å². The van der Waals surface area contributed by atoms with Crippen molar-refractivity contribution < 1.29 is 14.3 Å². The standard InChI is InChI=1S/C8H12N2O3/c11-7-6(9-8(12)10-7)5-3-1-2-4-13-5/h5-6H,1-4H2,(H2,9,10,11,12). The zero-order chi connectivity index (χ0) is 9.26. The normalized spacial score (nSPS) is 34.2. The molecule has 13 heavy (non-hydrogen) atoms. The maximum absolute atomic E-state index is 11.2. The molecule has 2 heterocycles. The molecule has 0 aromatic rings. The Kier molecular flexibility index (Phi) is 2.18. The molecule has 5 nitrogen and oxygen atoms in total. The van der Waals surface area contributed by atoms with Gasteiger partial charge in [-0.25, -0.2) is 4.79 Å². The average molecular weight is 184 g/mol. The summed E-state index contributed by atoms with van der Waals surface area (Å²) >= 11 is 0. The molecule has 2 fully saturated rings. The van der Waals surface area contributed by atoms with Crippen LogP contribution in [0.2, 0.25) is 0 Å². The van der Waals surface area contributed by atoms with Crippen molar-refractivity contribution in [3.8, 4) is 0 Å². The van der Waals surface area contributed by atoms with Crippen molar-refractivity contribution >= 4 is 11.9 Å². The van der Waals surface area contributed by atoms with Gasteiger partial charge in [-0.2, -0.15) is 0 Å². The molecule has 0 radical (unpaired) electrons. The molecule has 2 aliphatic rings. The van der Waals surface area contributed by atoms with Crippen molar-refractivity contribution in [3.63, 3.8) is 0 Å². The number of hydrogen-bond donors (Lipinski definition) is 2. The molecule has 2 atom stereocenters. The summed E-state index contributed by atoms with van der Waals surface area (Å²) in [6.07, 6.45) is 2.81. The second-order valence-corrected chi connectivity index (χ2v) is 3.35. The van der Waals surface area contributed by atoms with E-state index in [2.05, 4.69) is 10.6 Å². The molecule has 2 N–H and O–H groups in total. The highest BCUT2D eigenvalue weighted by atomic mass is 16.5. The lowest BCUT2D eigenvalue weighted by Crippen LogP contribution is -2.43. The average Bonchev–Trinajstić information content (AvgIpc) is 2.47. The highest BCUT2D eigenvalue weighted by molar-refractivity contribution is 6.04. The first-order valence-corrected chi connectivity index (χ1v) is 4.50. The van der Waals surface area contributed by atoms with Gasteiger partial charge in [0.2, 0.25) is 0 Å². The molecule has 0 bridgehead atoms. The smallest absolute Gasteiger partial charge is 0.322 e. The van der Waals surface area contributed by atoms with Crippen LogP contribution in [-0.4, -0.2) is 30.7 Å². The Balaban J connectivity index is 1.99. The number of imide groups is 1. The number of ether oxygens (including phenoxy) is 1. The summed E-state index contributed by atoms with van der Waals surface area (Å²) in [5.41, 5.74) is 0. The number of carbonyl (C=O) groups excluding carboxylic acids is 2. The van der Waals surface area contributed by atoms with Gasteiger partial charge in [-0.15, -0.1) is 0 Å². The third-order valence-electron chi connectivity index (χ3n) is 2.39. The van der Waals surface area contributed by atoms with Gasteiger partial charge < -0.3 is 10.1 Å². The minimum absolute atomic E-state index is 0.139. The fourth-order valence-corrected chi connectivity index (χ4v) is 1.72. The van der Waals surface area contributed by atoms with E-state index >= 15 is 0 Å². The fraction of sp³-hybridized carbons (Fsp3) is 0.750. The van der Waals surface area contributed by atoms with Crippen LogP contribution in [0.1, 0.15) is 19.3 Å². The van der Waals surface area contributed by atoms with Gasteiger partial charge >= 0.3 is 6.03 Å². The van der Waals surface area contributed by atoms with Gasteiger partial charge in [0.25, 0.3) is 5.91 Å². The van der Waals surface area contributed by atoms with E-state index in [4.69, 9.17) is 4.74 Å². The molecule has 0 aliphatic carbocycles. The number of nitrogens with one attached hydrogen (secondary N) is 2. The van der Waals surface area contributed by atoms with Crippen LogP contribution in [0.4, 0.5) is 4.79 Å². The first kappa shape index (κ1) is 8.50. The second-order valence-electron chi connectivity index (χ2n) is 3.35. The van der Waals surface area contributed by atoms with Crippen LogP contribution >= 0.6 is 0 Å². The lowest BCUT2D eigenvalue weighted by atomic mass is 10.0. The van der Waals surface area contributed by atoms with Crippen LogP contribution in [0.3, 0.4) is 0 Å². The van der Waals surface area contributed by atoms with Gasteiger partial charge in [-0.05, 0) is 19.3 Å². The van der Waals surface area contributed by atoms with E-state index in [1.54, 1.807) is 0 Å². The molecule has 0 spiro atoms. The Morgan fingerprint density at radius 3 is 2.69 bits per heavy atom. The molecule has 0 aromatic heterocycles. The Morgan fingerprint density at radius 1 is 1.31 bits per heavy atom. The van der Waals surface area contributed by atoms with E-state index in [-0.39, 0.29) is 12.0 Å². The molecule has 0 saturated carbocycles. The Morgan fingerprint density at radius 2 is 2.15 bits per heavy atom. The van der Waals surface area contributed by atoms with E-state index in [1.165, 1.54) is 0 Å². The first-order valence-electron chi connectivity index (χ1n) is 4.50. The quantitative estimate of drug-likeness (QED) is 0.553. The van der Waals surface area contributed by atoms with E-state index in [1.807, 2.05) is 0 Å². The van der Waals surface area contributed by atoms with Crippen molar-refractivity contribution in [2.24, 2.45) is 0 Å². The summed E-state index contributed by atoms with van der Waals surface area (Å²) in [6.45, 7) is 0.685. The molecule has 2 unspecified atom stereocenters. The predicted molar refractivity (Wildman–Crippen MR) is 44.1 cm³/mol. The summed E-state index contributed by atoms with van der Waals surface area (Å²) in [7, 11) is 0. The van der Waals surface area contributed by atoms with Crippen LogP contribution < -0.4 is 10.6 Å². The third kappa shape index (κ3) is 1.65. The van der Waals surface area contributed by atoms with Crippen molar-refractivity contribution in [2.75, 3.05) is 6.61 Å². The van der Waals surface area contributed by atoms with Crippen molar-refractivity contribution in [2.45, 2.75) is 31.4 Å². The van der Waals surface area contributed by atoms with Crippen molar-refractivity contribution in [3.05, 3.63) is 0 Å². The summed E-state index contributed by atoms with van der Waals surface area (Å²) in [5.74, 6) is -0.267. The van der Waals surface area contributed by atoms with E-state index in [0.717, 1.165) is 19.3 Å². The number of hydrogen-bond acceptors (Lipinski definition) is 3. The molecular formula is C8H12N2O3. The molecule has 2 saturated heterocycles. The largest absolute Gasteiger partial charge is 0.376 e. The SMILES string of the molecule is O=C1NC(=O)C(C2CCCCO2)N1. The van der Waals surface area contributed by atoms with Crippen LogP contribution in [0.5, 0.6) is 0 Å². The predicted octanol–water partition coefficient (Wildman–Crippen LogP) is -0.237. The Labute approximate surface area is 75.8 Å². The van der Waals surface area contributed by atoms with E-state index in [0.29, 0.717) is 6.61 Å². The van der Waals surface area contributed by atoms with Gasteiger partial charge in [0, 0.05) is 6.61 Å². The summed E-state index contributed by atoms with van der Waals surface area (Å²) in [6, 6.07) is -0.892. The topological polar surface area (TPSA) is 67.4 Å². The second kappa shape index (κ2) is 3.33. The highest BCUT2D eigenvalue weighted by Gasteiger charge is 2.37. The van der Waals surface area contributed by atoms with Gasteiger partial charge in [-0.1, -0.05) is 0 Å². The summed E-state index contributed by atoms with van der Waals surface area (Å²) < 4.78 is 5.41. The highest BCUT2D eigenvalue weighted by Crippen LogP contribution is 2.17. The van der Waals surface area contributed by atoms with Gasteiger partial charge in [0.15, 0.2) is 0 Å². The maximum atomic E-state index is 11.2. The molecule has 5 heteroatoms. The zero-order valence-corrected chi connectivity index (χ0v) is 7.21. The number of amides is 3. The Bertz CT molecular complexity index is 236. The molecule has 0 aromatic carbocycles. The van der Waals surface area contributed by atoms with Crippen molar-refractivity contribution in [1.82, 2.24) is 10.6 Å². The molecule has 2 rings (SSSR count). The number of rotatable bonds is 1.